The van der Waals surface area contributed by atoms with Crippen molar-refractivity contribution in [3.05, 3.63) is 65.6 Å². The number of halogens is 3. The molecule has 0 bridgehead atoms. The number of nitrogens with one attached hydrogen (secondary N) is 2. The summed E-state index contributed by atoms with van der Waals surface area (Å²) in [6.45, 7) is 0.312. The molecule has 0 atom stereocenters. The van der Waals surface area contributed by atoms with E-state index in [1.54, 1.807) is 6.20 Å². The van der Waals surface area contributed by atoms with Crippen molar-refractivity contribution in [1.29, 1.82) is 0 Å². The van der Waals surface area contributed by atoms with Crippen LogP contribution in [0.25, 0.3) is 10.9 Å². The Morgan fingerprint density at radius 2 is 1.70 bits per heavy atom. The van der Waals surface area contributed by atoms with E-state index in [0.717, 1.165) is 22.5 Å². The van der Waals surface area contributed by atoms with E-state index >= 15 is 0 Å². The van der Waals surface area contributed by atoms with Crippen LogP contribution in [0.5, 0.6) is 0 Å². The first-order chi connectivity index (χ1) is 9.65. The van der Waals surface area contributed by atoms with E-state index in [2.05, 4.69) is 10.3 Å². The van der Waals surface area contributed by atoms with Crippen LogP contribution in [0.3, 0.4) is 0 Å². The molecule has 1 aromatic heterocycles. The lowest BCUT2D eigenvalue weighted by molar-refractivity contribution is 0.496. The second-order valence-corrected chi connectivity index (χ2v) is 4.46. The highest BCUT2D eigenvalue weighted by Crippen LogP contribution is 2.22. The number of para-hydroxylation sites is 1. The Kier molecular flexibility index (Phi) is 3.10. The van der Waals surface area contributed by atoms with Gasteiger partial charge >= 0.3 is 0 Å². The molecular weight excluding hydrogens is 265 g/mol. The molecule has 0 amide bonds. The Morgan fingerprint density at radius 3 is 2.55 bits per heavy atom. The Hall–Kier alpha value is -2.43. The summed E-state index contributed by atoms with van der Waals surface area (Å²) in [4.78, 5) is 3.09. The molecule has 2 aromatic carbocycles. The maximum atomic E-state index is 13.5. The largest absolute Gasteiger partial charge is 0.378 e. The predicted octanol–water partition coefficient (Wildman–Crippen LogP) is 4.20. The van der Waals surface area contributed by atoms with Gasteiger partial charge < -0.3 is 10.3 Å². The zero-order chi connectivity index (χ0) is 14.1. The summed E-state index contributed by atoms with van der Waals surface area (Å²) in [5, 5.41) is 3.78. The van der Waals surface area contributed by atoms with Crippen LogP contribution in [-0.2, 0) is 6.54 Å². The summed E-state index contributed by atoms with van der Waals surface area (Å²) in [5.41, 5.74) is 1.83. The third kappa shape index (κ3) is 2.22. The molecule has 1 heterocycles. The molecule has 0 aliphatic heterocycles. The summed E-state index contributed by atoms with van der Waals surface area (Å²) in [5.74, 6) is -3.09. The number of H-pyrrole nitrogens is 1. The summed E-state index contributed by atoms with van der Waals surface area (Å²) >= 11 is 0. The summed E-state index contributed by atoms with van der Waals surface area (Å²) in [7, 11) is 0. The average Bonchev–Trinajstić information content (AvgIpc) is 2.85. The third-order valence-electron chi connectivity index (χ3n) is 3.15. The number of aromatic amines is 1. The number of anilines is 1. The smallest absolute Gasteiger partial charge is 0.161 e. The minimum Gasteiger partial charge on any atom is -0.378 e. The molecule has 5 heteroatoms. The predicted molar refractivity (Wildman–Crippen MR) is 71.9 cm³/mol. The first-order valence-electron chi connectivity index (χ1n) is 6.08. The number of aromatic nitrogens is 1. The minimum atomic E-state index is -1.19. The van der Waals surface area contributed by atoms with Crippen molar-refractivity contribution in [2.75, 3.05) is 5.32 Å². The molecule has 0 saturated heterocycles. The quantitative estimate of drug-likeness (QED) is 0.689. The zero-order valence-corrected chi connectivity index (χ0v) is 10.4. The summed E-state index contributed by atoms with van der Waals surface area (Å²) < 4.78 is 39.4. The van der Waals surface area contributed by atoms with E-state index in [1.165, 1.54) is 0 Å². The van der Waals surface area contributed by atoms with Gasteiger partial charge in [0.15, 0.2) is 11.6 Å². The van der Waals surface area contributed by atoms with Gasteiger partial charge in [0.25, 0.3) is 0 Å². The molecule has 2 N–H and O–H groups in total. The molecule has 20 heavy (non-hydrogen) atoms. The molecule has 0 radical (unpaired) electrons. The van der Waals surface area contributed by atoms with Gasteiger partial charge in [-0.3, -0.25) is 0 Å². The molecule has 0 aliphatic carbocycles. The molecule has 0 saturated carbocycles. The fourth-order valence-electron chi connectivity index (χ4n) is 2.13. The average molecular weight is 276 g/mol. The van der Waals surface area contributed by atoms with Crippen LogP contribution in [0, 0.1) is 17.5 Å². The molecule has 3 rings (SSSR count). The molecule has 0 aliphatic rings. The van der Waals surface area contributed by atoms with Crippen LogP contribution in [0.1, 0.15) is 5.56 Å². The highest BCUT2D eigenvalue weighted by molar-refractivity contribution is 5.83. The second-order valence-electron chi connectivity index (χ2n) is 4.46. The molecule has 0 fully saturated rings. The number of hydrogen-bond donors (Lipinski definition) is 2. The number of rotatable bonds is 3. The Balaban J connectivity index is 1.85. The Morgan fingerprint density at radius 1 is 0.950 bits per heavy atom. The van der Waals surface area contributed by atoms with Crippen LogP contribution >= 0.6 is 0 Å². The molecule has 102 valence electrons. The number of benzene rings is 2. The lowest BCUT2D eigenvalue weighted by atomic mass is 10.1. The van der Waals surface area contributed by atoms with E-state index in [9.17, 15) is 13.2 Å². The number of fused-ring (bicyclic) bond motifs is 1. The van der Waals surface area contributed by atoms with Crippen molar-refractivity contribution >= 4 is 16.6 Å². The Bertz CT molecular complexity index is 765. The van der Waals surface area contributed by atoms with Crippen molar-refractivity contribution in [2.45, 2.75) is 6.54 Å². The topological polar surface area (TPSA) is 27.8 Å². The van der Waals surface area contributed by atoms with E-state index < -0.39 is 17.5 Å². The monoisotopic (exact) mass is 276 g/mol. The third-order valence-corrected chi connectivity index (χ3v) is 3.15. The van der Waals surface area contributed by atoms with Gasteiger partial charge in [-0.15, -0.1) is 0 Å². The summed E-state index contributed by atoms with van der Waals surface area (Å²) in [6.07, 6.45) is 1.80. The van der Waals surface area contributed by atoms with Gasteiger partial charge in [0, 0.05) is 35.8 Å². The van der Waals surface area contributed by atoms with E-state index in [1.807, 2.05) is 24.3 Å². The van der Waals surface area contributed by atoms with E-state index in [0.29, 0.717) is 12.6 Å². The van der Waals surface area contributed by atoms with E-state index in [4.69, 9.17) is 0 Å². The van der Waals surface area contributed by atoms with Crippen LogP contribution in [0.4, 0.5) is 18.9 Å². The fraction of sp³-hybridized carbons (Fsp3) is 0.0667. The number of hydrogen-bond acceptors (Lipinski definition) is 1. The van der Waals surface area contributed by atoms with Crippen LogP contribution in [-0.4, -0.2) is 4.98 Å². The lowest BCUT2D eigenvalue weighted by Gasteiger charge is -2.07. The van der Waals surface area contributed by atoms with E-state index in [-0.39, 0.29) is 5.69 Å². The van der Waals surface area contributed by atoms with Crippen LogP contribution in [0.2, 0.25) is 0 Å². The van der Waals surface area contributed by atoms with Gasteiger partial charge in [-0.25, -0.2) is 13.2 Å². The van der Waals surface area contributed by atoms with Gasteiger partial charge in [-0.05, 0) is 11.6 Å². The lowest BCUT2D eigenvalue weighted by Crippen LogP contribution is -2.02. The van der Waals surface area contributed by atoms with Crippen molar-refractivity contribution < 1.29 is 13.2 Å². The molecular formula is C15H11F3N2. The van der Waals surface area contributed by atoms with Gasteiger partial charge in [-0.2, -0.15) is 0 Å². The second kappa shape index (κ2) is 4.92. The first-order valence-corrected chi connectivity index (χ1v) is 6.08. The van der Waals surface area contributed by atoms with Crippen LogP contribution < -0.4 is 5.32 Å². The van der Waals surface area contributed by atoms with Crippen molar-refractivity contribution in [3.63, 3.8) is 0 Å². The molecule has 0 spiro atoms. The highest BCUT2D eigenvalue weighted by atomic mass is 19.2. The summed E-state index contributed by atoms with van der Waals surface area (Å²) in [6, 6.07) is 9.02. The first kappa shape index (κ1) is 12.6. The SMILES string of the molecule is Fc1cc(F)c(NCc2c[nH]c3ccccc23)cc1F. The maximum Gasteiger partial charge on any atom is 0.161 e. The van der Waals surface area contributed by atoms with Gasteiger partial charge in [0.2, 0.25) is 0 Å². The van der Waals surface area contributed by atoms with Gasteiger partial charge in [-0.1, -0.05) is 18.2 Å². The minimum absolute atomic E-state index is 0.0609. The molecule has 3 aromatic rings. The van der Waals surface area contributed by atoms with Gasteiger partial charge in [0.1, 0.15) is 5.82 Å². The van der Waals surface area contributed by atoms with Gasteiger partial charge in [0.05, 0.1) is 5.69 Å². The fourth-order valence-corrected chi connectivity index (χ4v) is 2.13. The molecule has 0 unspecified atom stereocenters. The highest BCUT2D eigenvalue weighted by Gasteiger charge is 2.10. The maximum absolute atomic E-state index is 13.5. The van der Waals surface area contributed by atoms with Crippen molar-refractivity contribution in [3.8, 4) is 0 Å². The van der Waals surface area contributed by atoms with Crippen molar-refractivity contribution in [1.82, 2.24) is 4.98 Å². The van der Waals surface area contributed by atoms with Crippen LogP contribution in [0.15, 0.2) is 42.6 Å². The normalized spacial score (nSPS) is 10.9. The zero-order valence-electron chi connectivity index (χ0n) is 10.4. The van der Waals surface area contributed by atoms with Crippen molar-refractivity contribution in [2.24, 2.45) is 0 Å². The molecule has 2 nitrogen and oxygen atoms in total. The standard InChI is InChI=1S/C15H11F3N2/c16-11-5-13(18)15(6-12(11)17)20-8-9-7-19-14-4-2-1-3-10(9)14/h1-7,19-20H,8H2. The Labute approximate surface area is 113 Å².